The third-order valence-electron chi connectivity index (χ3n) is 4.32. The van der Waals surface area contributed by atoms with Crippen LogP contribution < -0.4 is 0 Å². The van der Waals surface area contributed by atoms with Gasteiger partial charge in [0.1, 0.15) is 5.75 Å². The van der Waals surface area contributed by atoms with Crippen LogP contribution in [0.1, 0.15) is 69.9 Å². The number of carbonyl (C=O) groups is 1. The Bertz CT molecular complexity index is 458. The molecule has 1 aromatic rings. The van der Waals surface area contributed by atoms with E-state index in [1.54, 1.807) is 6.07 Å². The van der Waals surface area contributed by atoms with Crippen LogP contribution in [0, 0.1) is 6.92 Å². The number of aromatic hydroxyl groups is 1. The molecule has 0 aliphatic carbocycles. The van der Waals surface area contributed by atoms with Gasteiger partial charge < -0.3 is 10.2 Å². The first-order valence-electron chi connectivity index (χ1n) is 7.97. The fourth-order valence-electron chi connectivity index (χ4n) is 3.00. The van der Waals surface area contributed by atoms with Gasteiger partial charge in [0, 0.05) is 5.41 Å². The van der Waals surface area contributed by atoms with Crippen molar-refractivity contribution < 1.29 is 15.0 Å². The highest BCUT2D eigenvalue weighted by Crippen LogP contribution is 2.40. The molecule has 0 spiro atoms. The first-order chi connectivity index (χ1) is 9.95. The van der Waals surface area contributed by atoms with Crippen LogP contribution >= 0.6 is 0 Å². The maximum atomic E-state index is 11.4. The van der Waals surface area contributed by atoms with Crippen LogP contribution in [-0.4, -0.2) is 16.2 Å². The second kappa shape index (κ2) is 8.06. The van der Waals surface area contributed by atoms with E-state index in [1.165, 1.54) is 0 Å². The van der Waals surface area contributed by atoms with Gasteiger partial charge in [0.2, 0.25) is 0 Å². The SMILES string of the molecule is CCCCC(CCCC)(CC(=O)O)c1ccc(O)c(C)c1. The third kappa shape index (κ3) is 4.76. The van der Waals surface area contributed by atoms with Crippen molar-refractivity contribution in [2.75, 3.05) is 0 Å². The van der Waals surface area contributed by atoms with Crippen molar-refractivity contribution in [1.29, 1.82) is 0 Å². The summed E-state index contributed by atoms with van der Waals surface area (Å²) in [6, 6.07) is 5.55. The summed E-state index contributed by atoms with van der Waals surface area (Å²) >= 11 is 0. The van der Waals surface area contributed by atoms with E-state index >= 15 is 0 Å². The molecule has 0 atom stereocenters. The lowest BCUT2D eigenvalue weighted by Gasteiger charge is -2.34. The summed E-state index contributed by atoms with van der Waals surface area (Å²) in [6.45, 7) is 6.13. The number of hydrogen-bond donors (Lipinski definition) is 2. The molecule has 118 valence electrons. The standard InChI is InChI=1S/C18H28O3/c1-4-6-10-18(11-7-5-2,13-17(20)21)15-8-9-16(19)14(3)12-15/h8-9,12,19H,4-7,10-11,13H2,1-3H3,(H,20,21). The lowest BCUT2D eigenvalue weighted by Crippen LogP contribution is -2.30. The van der Waals surface area contributed by atoms with Crippen molar-refractivity contribution in [2.24, 2.45) is 0 Å². The molecule has 0 radical (unpaired) electrons. The van der Waals surface area contributed by atoms with Crippen molar-refractivity contribution in [3.05, 3.63) is 29.3 Å². The van der Waals surface area contributed by atoms with Crippen LogP contribution in [0.3, 0.4) is 0 Å². The highest BCUT2D eigenvalue weighted by Gasteiger charge is 2.33. The maximum absolute atomic E-state index is 11.4. The van der Waals surface area contributed by atoms with Gasteiger partial charge in [0.25, 0.3) is 0 Å². The summed E-state index contributed by atoms with van der Waals surface area (Å²) in [6.07, 6.45) is 6.11. The number of hydrogen-bond acceptors (Lipinski definition) is 2. The third-order valence-corrected chi connectivity index (χ3v) is 4.32. The van der Waals surface area contributed by atoms with E-state index in [2.05, 4.69) is 13.8 Å². The predicted molar refractivity (Wildman–Crippen MR) is 85.8 cm³/mol. The van der Waals surface area contributed by atoms with Crippen molar-refractivity contribution >= 4 is 5.97 Å². The monoisotopic (exact) mass is 292 g/mol. The zero-order valence-corrected chi connectivity index (χ0v) is 13.5. The zero-order chi connectivity index (χ0) is 15.9. The number of carboxylic acid groups (broad SMARTS) is 1. The zero-order valence-electron chi connectivity index (χ0n) is 13.5. The maximum Gasteiger partial charge on any atom is 0.304 e. The van der Waals surface area contributed by atoms with Crippen LogP contribution in [-0.2, 0) is 10.2 Å². The molecular weight excluding hydrogens is 264 g/mol. The Hall–Kier alpha value is -1.51. The largest absolute Gasteiger partial charge is 0.508 e. The number of aliphatic carboxylic acids is 1. The molecule has 0 aliphatic rings. The molecule has 0 saturated heterocycles. The number of rotatable bonds is 9. The number of phenolic OH excluding ortho intramolecular Hbond substituents is 1. The van der Waals surface area contributed by atoms with Crippen molar-refractivity contribution in [2.45, 2.75) is 71.1 Å². The Morgan fingerprint density at radius 1 is 1.14 bits per heavy atom. The van der Waals surface area contributed by atoms with Gasteiger partial charge in [-0.05, 0) is 37.0 Å². The molecule has 3 nitrogen and oxygen atoms in total. The number of aryl methyl sites for hydroxylation is 1. The normalized spacial score (nSPS) is 11.6. The molecule has 0 unspecified atom stereocenters. The molecule has 2 N–H and O–H groups in total. The Kier molecular flexibility index (Phi) is 6.73. The number of unbranched alkanes of at least 4 members (excludes halogenated alkanes) is 2. The van der Waals surface area contributed by atoms with Crippen LogP contribution in [0.4, 0.5) is 0 Å². The Balaban J connectivity index is 3.22. The van der Waals surface area contributed by atoms with E-state index in [1.807, 2.05) is 19.1 Å². The predicted octanol–water partition coefficient (Wildman–Crippen LogP) is 4.79. The summed E-state index contributed by atoms with van der Waals surface area (Å²) < 4.78 is 0. The number of benzene rings is 1. The topological polar surface area (TPSA) is 57.5 Å². The second-order valence-electron chi connectivity index (χ2n) is 6.06. The van der Waals surface area contributed by atoms with Crippen LogP contribution in [0.15, 0.2) is 18.2 Å². The van der Waals surface area contributed by atoms with Gasteiger partial charge in [-0.2, -0.15) is 0 Å². The van der Waals surface area contributed by atoms with Crippen molar-refractivity contribution in [3.63, 3.8) is 0 Å². The molecule has 1 aromatic carbocycles. The van der Waals surface area contributed by atoms with Crippen LogP contribution in [0.25, 0.3) is 0 Å². The average Bonchev–Trinajstić information content (AvgIpc) is 2.44. The molecule has 21 heavy (non-hydrogen) atoms. The Morgan fingerprint density at radius 3 is 2.14 bits per heavy atom. The molecule has 0 aromatic heterocycles. The van der Waals surface area contributed by atoms with E-state index < -0.39 is 5.97 Å². The number of carboxylic acids is 1. The molecule has 0 fully saturated rings. The minimum Gasteiger partial charge on any atom is -0.508 e. The van der Waals surface area contributed by atoms with Gasteiger partial charge in [-0.25, -0.2) is 0 Å². The van der Waals surface area contributed by atoms with Gasteiger partial charge in [0.05, 0.1) is 6.42 Å². The molecule has 0 saturated carbocycles. The smallest absolute Gasteiger partial charge is 0.304 e. The summed E-state index contributed by atoms with van der Waals surface area (Å²) in [4.78, 5) is 11.4. The van der Waals surface area contributed by atoms with Gasteiger partial charge in [0.15, 0.2) is 0 Å². The Labute approximate surface area is 128 Å². The van der Waals surface area contributed by atoms with Crippen molar-refractivity contribution in [1.82, 2.24) is 0 Å². The number of phenols is 1. The molecule has 3 heteroatoms. The lowest BCUT2D eigenvalue weighted by molar-refractivity contribution is -0.138. The summed E-state index contributed by atoms with van der Waals surface area (Å²) in [5.41, 5.74) is 1.56. The summed E-state index contributed by atoms with van der Waals surface area (Å²) in [5.74, 6) is -0.470. The Morgan fingerprint density at radius 2 is 1.71 bits per heavy atom. The van der Waals surface area contributed by atoms with Gasteiger partial charge in [-0.3, -0.25) is 4.79 Å². The quantitative estimate of drug-likeness (QED) is 0.687. The van der Waals surface area contributed by atoms with E-state index in [9.17, 15) is 15.0 Å². The fraction of sp³-hybridized carbons (Fsp3) is 0.611. The summed E-state index contributed by atoms with van der Waals surface area (Å²) in [5, 5.41) is 19.1. The van der Waals surface area contributed by atoms with Gasteiger partial charge in [-0.1, -0.05) is 51.7 Å². The highest BCUT2D eigenvalue weighted by molar-refractivity contribution is 5.69. The average molecular weight is 292 g/mol. The lowest BCUT2D eigenvalue weighted by atomic mass is 9.70. The first kappa shape index (κ1) is 17.5. The fourth-order valence-corrected chi connectivity index (χ4v) is 3.00. The highest BCUT2D eigenvalue weighted by atomic mass is 16.4. The molecule has 1 rings (SSSR count). The molecule has 0 amide bonds. The van der Waals surface area contributed by atoms with E-state index in [0.717, 1.165) is 49.7 Å². The second-order valence-corrected chi connectivity index (χ2v) is 6.06. The van der Waals surface area contributed by atoms with Gasteiger partial charge in [-0.15, -0.1) is 0 Å². The molecule has 0 aliphatic heterocycles. The van der Waals surface area contributed by atoms with E-state index in [0.29, 0.717) is 0 Å². The van der Waals surface area contributed by atoms with E-state index in [4.69, 9.17) is 0 Å². The first-order valence-corrected chi connectivity index (χ1v) is 7.97. The minimum atomic E-state index is -0.743. The van der Waals surface area contributed by atoms with Gasteiger partial charge >= 0.3 is 5.97 Å². The molecule has 0 bridgehead atoms. The van der Waals surface area contributed by atoms with Crippen LogP contribution in [0.2, 0.25) is 0 Å². The summed E-state index contributed by atoms with van der Waals surface area (Å²) in [7, 11) is 0. The van der Waals surface area contributed by atoms with E-state index in [-0.39, 0.29) is 17.6 Å². The van der Waals surface area contributed by atoms with Crippen molar-refractivity contribution in [3.8, 4) is 5.75 Å². The molecule has 0 heterocycles. The van der Waals surface area contributed by atoms with Crippen LogP contribution in [0.5, 0.6) is 5.75 Å². The molecular formula is C18H28O3. The minimum absolute atomic E-state index is 0.164.